The molecule has 0 aromatic heterocycles. The minimum absolute atomic E-state index is 0. The van der Waals surface area contributed by atoms with Gasteiger partial charge in [0.1, 0.15) is 0 Å². The van der Waals surface area contributed by atoms with Gasteiger partial charge in [0, 0.05) is 6.04 Å². The summed E-state index contributed by atoms with van der Waals surface area (Å²) in [4.78, 5) is 10.8. The van der Waals surface area contributed by atoms with Gasteiger partial charge in [0.05, 0.1) is 5.56 Å². The number of carboxylic acids is 1. The van der Waals surface area contributed by atoms with Crippen LogP contribution in [0.1, 0.15) is 28.4 Å². The number of hydrogen-bond donors (Lipinski definition) is 3. The smallest absolute Gasteiger partial charge is 0.336 e. The lowest BCUT2D eigenvalue weighted by molar-refractivity contribution is 0.0695. The van der Waals surface area contributed by atoms with Gasteiger partial charge in [-0.05, 0) is 24.6 Å². The highest BCUT2D eigenvalue weighted by Crippen LogP contribution is 2.18. The molecule has 15 heavy (non-hydrogen) atoms. The van der Waals surface area contributed by atoms with Crippen molar-refractivity contribution in [3.63, 3.8) is 0 Å². The van der Waals surface area contributed by atoms with Crippen LogP contribution in [0.25, 0.3) is 0 Å². The van der Waals surface area contributed by atoms with Crippen LogP contribution in [0.2, 0.25) is 0 Å². The van der Waals surface area contributed by atoms with Gasteiger partial charge in [-0.3, -0.25) is 0 Å². The van der Waals surface area contributed by atoms with Gasteiger partial charge in [-0.25, -0.2) is 4.79 Å². The summed E-state index contributed by atoms with van der Waals surface area (Å²) in [5.74, 6) is -0.951. The number of carboxylic acid groups (broad SMARTS) is 1. The number of carbonyl (C=O) groups is 1. The zero-order valence-electron chi connectivity index (χ0n) is 8.22. The first kappa shape index (κ1) is 13.9. The van der Waals surface area contributed by atoms with Crippen LogP contribution in [0.5, 0.6) is 0 Å². The van der Waals surface area contributed by atoms with Crippen molar-refractivity contribution in [2.24, 2.45) is 11.5 Å². The number of halogens is 1. The molecular weight excluding hydrogens is 216 g/mol. The highest BCUT2D eigenvalue weighted by Gasteiger charge is 2.13. The van der Waals surface area contributed by atoms with Crippen molar-refractivity contribution in [1.29, 1.82) is 0 Å². The number of hydrogen-bond acceptors (Lipinski definition) is 3. The molecule has 5 heteroatoms. The standard InChI is InChI=1S/C10H14N2O2.ClH/c11-6-5-9(12)7-3-1-2-4-8(7)10(13)14;/h1-4,9H,5-6,11-12H2,(H,13,14);1H/t9-;/m1./s1. The molecule has 1 aromatic carbocycles. The molecule has 0 aliphatic heterocycles. The fourth-order valence-electron chi connectivity index (χ4n) is 1.35. The first-order valence-corrected chi connectivity index (χ1v) is 4.44. The van der Waals surface area contributed by atoms with Gasteiger partial charge in [-0.1, -0.05) is 18.2 Å². The molecule has 4 nitrogen and oxygen atoms in total. The molecule has 0 saturated carbocycles. The van der Waals surface area contributed by atoms with E-state index in [0.29, 0.717) is 18.5 Å². The first-order valence-electron chi connectivity index (χ1n) is 4.44. The first-order chi connectivity index (χ1) is 6.66. The largest absolute Gasteiger partial charge is 0.478 e. The molecule has 5 N–H and O–H groups in total. The molecule has 0 fully saturated rings. The number of rotatable bonds is 4. The Labute approximate surface area is 94.7 Å². The minimum Gasteiger partial charge on any atom is -0.478 e. The van der Waals surface area contributed by atoms with Crippen molar-refractivity contribution in [1.82, 2.24) is 0 Å². The maximum Gasteiger partial charge on any atom is 0.336 e. The summed E-state index contributed by atoms with van der Waals surface area (Å²) in [6.45, 7) is 0.453. The lowest BCUT2D eigenvalue weighted by Crippen LogP contribution is -2.18. The average molecular weight is 231 g/mol. The zero-order valence-corrected chi connectivity index (χ0v) is 9.04. The van der Waals surface area contributed by atoms with Crippen molar-refractivity contribution in [3.05, 3.63) is 35.4 Å². The third kappa shape index (κ3) is 3.51. The summed E-state index contributed by atoms with van der Waals surface area (Å²) in [7, 11) is 0. The molecule has 1 atom stereocenters. The van der Waals surface area contributed by atoms with E-state index in [9.17, 15) is 4.79 Å². The van der Waals surface area contributed by atoms with Gasteiger partial charge >= 0.3 is 5.97 Å². The Morgan fingerprint density at radius 2 is 2.00 bits per heavy atom. The monoisotopic (exact) mass is 230 g/mol. The topological polar surface area (TPSA) is 89.3 Å². The summed E-state index contributed by atoms with van der Waals surface area (Å²) in [6, 6.07) is 6.44. The third-order valence-electron chi connectivity index (χ3n) is 2.07. The van der Waals surface area contributed by atoms with Crippen LogP contribution in [0.3, 0.4) is 0 Å². The number of aromatic carboxylic acids is 1. The second kappa shape index (κ2) is 6.40. The predicted molar refractivity (Wildman–Crippen MR) is 61.2 cm³/mol. The molecule has 0 aliphatic rings. The fourth-order valence-corrected chi connectivity index (χ4v) is 1.35. The van der Waals surface area contributed by atoms with E-state index in [1.54, 1.807) is 24.3 Å². The Morgan fingerprint density at radius 3 is 2.53 bits per heavy atom. The van der Waals surface area contributed by atoms with Crippen LogP contribution in [0, 0.1) is 0 Å². The quantitative estimate of drug-likeness (QED) is 0.724. The van der Waals surface area contributed by atoms with Crippen LogP contribution in [-0.4, -0.2) is 17.6 Å². The molecule has 1 rings (SSSR count). The normalized spacial score (nSPS) is 11.6. The van der Waals surface area contributed by atoms with E-state index < -0.39 is 5.97 Å². The van der Waals surface area contributed by atoms with E-state index in [0.717, 1.165) is 0 Å². The second-order valence-corrected chi connectivity index (χ2v) is 3.08. The van der Waals surface area contributed by atoms with E-state index in [-0.39, 0.29) is 24.0 Å². The Bertz CT molecular complexity index is 331. The van der Waals surface area contributed by atoms with Crippen molar-refractivity contribution >= 4 is 18.4 Å². The van der Waals surface area contributed by atoms with Crippen molar-refractivity contribution in [3.8, 4) is 0 Å². The van der Waals surface area contributed by atoms with E-state index >= 15 is 0 Å². The zero-order chi connectivity index (χ0) is 10.6. The lowest BCUT2D eigenvalue weighted by atomic mass is 9.99. The van der Waals surface area contributed by atoms with Crippen LogP contribution in [-0.2, 0) is 0 Å². The van der Waals surface area contributed by atoms with Gasteiger partial charge in [0.15, 0.2) is 0 Å². The summed E-state index contributed by atoms with van der Waals surface area (Å²) < 4.78 is 0. The SMILES string of the molecule is Cl.NCC[C@@H](N)c1ccccc1C(=O)O. The summed E-state index contributed by atoms with van der Waals surface area (Å²) in [5.41, 5.74) is 12.1. The summed E-state index contributed by atoms with van der Waals surface area (Å²) in [6.07, 6.45) is 0.588. The van der Waals surface area contributed by atoms with Gasteiger partial charge in [-0.15, -0.1) is 12.4 Å². The van der Waals surface area contributed by atoms with E-state index in [2.05, 4.69) is 0 Å². The summed E-state index contributed by atoms with van der Waals surface area (Å²) in [5, 5.41) is 8.90. The Kier molecular flexibility index (Phi) is 5.93. The van der Waals surface area contributed by atoms with E-state index in [1.807, 2.05) is 0 Å². The van der Waals surface area contributed by atoms with Crippen molar-refractivity contribution in [2.45, 2.75) is 12.5 Å². The molecule has 0 spiro atoms. The molecule has 1 aromatic rings. The molecule has 0 bridgehead atoms. The Hall–Kier alpha value is -1.10. The van der Waals surface area contributed by atoms with Crippen molar-refractivity contribution < 1.29 is 9.90 Å². The highest BCUT2D eigenvalue weighted by atomic mass is 35.5. The van der Waals surface area contributed by atoms with E-state index in [4.69, 9.17) is 16.6 Å². The second-order valence-electron chi connectivity index (χ2n) is 3.08. The van der Waals surface area contributed by atoms with E-state index in [1.165, 1.54) is 0 Å². The third-order valence-corrected chi connectivity index (χ3v) is 2.07. The molecule has 0 heterocycles. The van der Waals surface area contributed by atoms with Gasteiger partial charge in [0.2, 0.25) is 0 Å². The van der Waals surface area contributed by atoms with Gasteiger partial charge < -0.3 is 16.6 Å². The molecule has 0 amide bonds. The van der Waals surface area contributed by atoms with Crippen LogP contribution in [0.15, 0.2) is 24.3 Å². The van der Waals surface area contributed by atoms with Crippen LogP contribution < -0.4 is 11.5 Å². The molecule has 0 aliphatic carbocycles. The molecule has 0 unspecified atom stereocenters. The Balaban J connectivity index is 0.00000196. The van der Waals surface area contributed by atoms with Gasteiger partial charge in [0.25, 0.3) is 0 Å². The van der Waals surface area contributed by atoms with Gasteiger partial charge in [-0.2, -0.15) is 0 Å². The molecule has 0 saturated heterocycles. The number of nitrogens with two attached hydrogens (primary N) is 2. The Morgan fingerprint density at radius 1 is 1.40 bits per heavy atom. The highest BCUT2D eigenvalue weighted by molar-refractivity contribution is 5.89. The fraction of sp³-hybridized carbons (Fsp3) is 0.300. The molecule has 84 valence electrons. The van der Waals surface area contributed by atoms with Crippen molar-refractivity contribution in [2.75, 3.05) is 6.54 Å². The molecule has 0 radical (unpaired) electrons. The maximum atomic E-state index is 10.8. The van der Waals surface area contributed by atoms with Crippen LogP contribution in [0.4, 0.5) is 0 Å². The van der Waals surface area contributed by atoms with Crippen LogP contribution >= 0.6 is 12.4 Å². The predicted octanol–water partition coefficient (Wildman–Crippen LogP) is 1.16. The average Bonchev–Trinajstić information content (AvgIpc) is 2.18. The number of benzene rings is 1. The lowest BCUT2D eigenvalue weighted by Gasteiger charge is -2.12. The summed E-state index contributed by atoms with van der Waals surface area (Å²) >= 11 is 0. The minimum atomic E-state index is -0.951. The maximum absolute atomic E-state index is 10.8. The molecular formula is C10H15ClN2O2.